The topological polar surface area (TPSA) is 49.8 Å². The summed E-state index contributed by atoms with van der Waals surface area (Å²) < 4.78 is 5.64. The predicted molar refractivity (Wildman–Crippen MR) is 103 cm³/mol. The van der Waals surface area contributed by atoms with Crippen molar-refractivity contribution in [1.29, 1.82) is 0 Å². The molecule has 4 heteroatoms. The van der Waals surface area contributed by atoms with Crippen LogP contribution in [0.3, 0.4) is 0 Å². The molecule has 0 radical (unpaired) electrons. The van der Waals surface area contributed by atoms with E-state index < -0.39 is 5.97 Å². The van der Waals surface area contributed by atoms with Crippen molar-refractivity contribution < 1.29 is 14.6 Å². The monoisotopic (exact) mass is 353 g/mol. The Bertz CT molecular complexity index is 787. The van der Waals surface area contributed by atoms with E-state index in [0.29, 0.717) is 6.54 Å². The van der Waals surface area contributed by atoms with Crippen LogP contribution in [0.1, 0.15) is 41.1 Å². The minimum Gasteiger partial charge on any atom is -0.496 e. The molecule has 2 aromatic rings. The lowest BCUT2D eigenvalue weighted by Gasteiger charge is -2.38. The van der Waals surface area contributed by atoms with E-state index in [-0.39, 0.29) is 12.0 Å². The van der Waals surface area contributed by atoms with Gasteiger partial charge in [-0.1, -0.05) is 42.0 Å². The molecule has 0 spiro atoms. The van der Waals surface area contributed by atoms with Gasteiger partial charge < -0.3 is 9.84 Å². The molecule has 1 aliphatic heterocycles. The highest BCUT2D eigenvalue weighted by Crippen LogP contribution is 2.38. The number of aryl methyl sites for hydroxylation is 2. The van der Waals surface area contributed by atoms with Gasteiger partial charge in [0.15, 0.2) is 0 Å². The summed E-state index contributed by atoms with van der Waals surface area (Å²) in [7, 11) is 1.69. The zero-order chi connectivity index (χ0) is 18.7. The number of aliphatic carboxylic acids is 1. The lowest BCUT2D eigenvalue weighted by molar-refractivity contribution is -0.143. The third-order valence-electron chi connectivity index (χ3n) is 5.33. The largest absolute Gasteiger partial charge is 0.496 e. The van der Waals surface area contributed by atoms with Crippen LogP contribution < -0.4 is 4.74 Å². The number of benzene rings is 2. The van der Waals surface area contributed by atoms with Crippen molar-refractivity contribution in [2.45, 2.75) is 32.7 Å². The average molecular weight is 353 g/mol. The van der Waals surface area contributed by atoms with Gasteiger partial charge in [0.2, 0.25) is 0 Å². The van der Waals surface area contributed by atoms with Gasteiger partial charge in [-0.2, -0.15) is 0 Å². The minimum absolute atomic E-state index is 0.00630. The zero-order valence-corrected chi connectivity index (χ0v) is 15.7. The van der Waals surface area contributed by atoms with Crippen LogP contribution in [0.25, 0.3) is 0 Å². The molecule has 1 aliphatic rings. The molecule has 0 aromatic heterocycles. The number of carbonyl (C=O) groups is 1. The van der Waals surface area contributed by atoms with Crippen molar-refractivity contribution in [3.05, 3.63) is 64.7 Å². The van der Waals surface area contributed by atoms with Crippen LogP contribution in [0.15, 0.2) is 42.5 Å². The van der Waals surface area contributed by atoms with Gasteiger partial charge in [-0.05, 0) is 50.4 Å². The van der Waals surface area contributed by atoms with Crippen LogP contribution in [-0.4, -0.2) is 36.2 Å². The molecule has 3 rings (SSSR count). The third kappa shape index (κ3) is 3.75. The Labute approximate surface area is 155 Å². The highest BCUT2D eigenvalue weighted by atomic mass is 16.5. The predicted octanol–water partition coefficient (Wildman–Crippen LogP) is 4.20. The van der Waals surface area contributed by atoms with Crippen LogP contribution in [-0.2, 0) is 4.79 Å². The molecule has 1 heterocycles. The zero-order valence-electron chi connectivity index (χ0n) is 15.7. The van der Waals surface area contributed by atoms with E-state index in [1.54, 1.807) is 7.11 Å². The minimum atomic E-state index is -0.700. The number of carboxylic acid groups (broad SMARTS) is 1. The summed E-state index contributed by atoms with van der Waals surface area (Å²) >= 11 is 0. The number of methoxy groups -OCH3 is 1. The summed E-state index contributed by atoms with van der Waals surface area (Å²) in [6, 6.07) is 14.5. The summed E-state index contributed by atoms with van der Waals surface area (Å²) in [6.07, 6.45) is 1.64. The standard InChI is InChI=1S/C22H27NO3/c1-15-10-11-16(2)19(13-15)21(18-8-4-5-9-20(18)26-3)23-12-6-7-17(14-23)22(24)25/h4-5,8-11,13,17,21H,6-7,12,14H2,1-3H3,(H,24,25). The quantitative estimate of drug-likeness (QED) is 0.875. The van der Waals surface area contributed by atoms with Crippen LogP contribution in [0.4, 0.5) is 0 Å². The molecule has 0 amide bonds. The molecular formula is C22H27NO3. The Kier molecular flexibility index (Phi) is 5.62. The highest BCUT2D eigenvalue weighted by molar-refractivity contribution is 5.70. The summed E-state index contributed by atoms with van der Waals surface area (Å²) in [4.78, 5) is 13.9. The molecule has 2 atom stereocenters. The second-order valence-electron chi connectivity index (χ2n) is 7.18. The SMILES string of the molecule is COc1ccccc1C(c1cc(C)ccc1C)N1CCCC(C(=O)O)C1. The fourth-order valence-corrected chi connectivity index (χ4v) is 3.95. The Morgan fingerprint density at radius 2 is 1.96 bits per heavy atom. The van der Waals surface area contributed by atoms with Gasteiger partial charge in [0.25, 0.3) is 0 Å². The number of nitrogens with zero attached hydrogens (tertiary/aromatic N) is 1. The lowest BCUT2D eigenvalue weighted by Crippen LogP contribution is -2.41. The fourth-order valence-electron chi connectivity index (χ4n) is 3.95. The van der Waals surface area contributed by atoms with E-state index in [1.807, 2.05) is 18.2 Å². The van der Waals surface area contributed by atoms with Crippen LogP contribution in [0.5, 0.6) is 5.75 Å². The molecule has 1 N–H and O–H groups in total. The van der Waals surface area contributed by atoms with Crippen LogP contribution in [0, 0.1) is 19.8 Å². The van der Waals surface area contributed by atoms with E-state index in [4.69, 9.17) is 4.74 Å². The average Bonchev–Trinajstić information content (AvgIpc) is 2.65. The first-order chi connectivity index (χ1) is 12.5. The Morgan fingerprint density at radius 3 is 2.69 bits per heavy atom. The number of para-hydroxylation sites is 1. The molecule has 2 unspecified atom stereocenters. The third-order valence-corrected chi connectivity index (χ3v) is 5.33. The number of ether oxygens (including phenoxy) is 1. The second kappa shape index (κ2) is 7.92. The summed E-state index contributed by atoms with van der Waals surface area (Å²) in [5.41, 5.74) is 4.73. The first-order valence-corrected chi connectivity index (χ1v) is 9.18. The number of hydrogen-bond donors (Lipinski definition) is 1. The van der Waals surface area contributed by atoms with Crippen molar-refractivity contribution in [2.75, 3.05) is 20.2 Å². The van der Waals surface area contributed by atoms with E-state index in [9.17, 15) is 9.90 Å². The first kappa shape index (κ1) is 18.5. The highest BCUT2D eigenvalue weighted by Gasteiger charge is 2.33. The van der Waals surface area contributed by atoms with Crippen molar-refractivity contribution in [1.82, 2.24) is 4.90 Å². The van der Waals surface area contributed by atoms with Crippen molar-refractivity contribution >= 4 is 5.97 Å². The number of rotatable bonds is 5. The smallest absolute Gasteiger partial charge is 0.307 e. The molecular weight excluding hydrogens is 326 g/mol. The molecule has 4 nitrogen and oxygen atoms in total. The van der Waals surface area contributed by atoms with Gasteiger partial charge in [0.05, 0.1) is 19.1 Å². The van der Waals surface area contributed by atoms with Gasteiger partial charge in [0, 0.05) is 12.1 Å². The Morgan fingerprint density at radius 1 is 1.19 bits per heavy atom. The van der Waals surface area contributed by atoms with Gasteiger partial charge in [0.1, 0.15) is 5.75 Å². The molecule has 1 fully saturated rings. The van der Waals surface area contributed by atoms with Gasteiger partial charge in [-0.25, -0.2) is 0 Å². The maximum Gasteiger partial charge on any atom is 0.307 e. The lowest BCUT2D eigenvalue weighted by atomic mass is 9.88. The second-order valence-corrected chi connectivity index (χ2v) is 7.18. The Hall–Kier alpha value is -2.33. The van der Waals surface area contributed by atoms with Crippen molar-refractivity contribution in [3.63, 3.8) is 0 Å². The van der Waals surface area contributed by atoms with E-state index >= 15 is 0 Å². The van der Waals surface area contributed by atoms with E-state index in [2.05, 4.69) is 43.0 Å². The normalized spacial score (nSPS) is 19.1. The molecule has 0 saturated carbocycles. The van der Waals surface area contributed by atoms with Gasteiger partial charge in [-0.3, -0.25) is 9.69 Å². The summed E-state index contributed by atoms with van der Waals surface area (Å²) in [5.74, 6) is -0.170. The maximum absolute atomic E-state index is 11.6. The molecule has 0 bridgehead atoms. The molecule has 138 valence electrons. The number of hydrogen-bond acceptors (Lipinski definition) is 3. The first-order valence-electron chi connectivity index (χ1n) is 9.18. The summed E-state index contributed by atoms with van der Waals surface area (Å²) in [5, 5.41) is 9.53. The van der Waals surface area contributed by atoms with Crippen molar-refractivity contribution in [3.8, 4) is 5.75 Å². The fraction of sp³-hybridized carbons (Fsp3) is 0.409. The molecule has 2 aromatic carbocycles. The molecule has 26 heavy (non-hydrogen) atoms. The van der Waals surface area contributed by atoms with Crippen molar-refractivity contribution in [2.24, 2.45) is 5.92 Å². The Balaban J connectivity index is 2.10. The number of piperidine rings is 1. The number of likely N-dealkylation sites (tertiary alicyclic amines) is 1. The van der Waals surface area contributed by atoms with Crippen LogP contribution in [0.2, 0.25) is 0 Å². The van der Waals surface area contributed by atoms with E-state index in [1.165, 1.54) is 16.7 Å². The molecule has 1 saturated heterocycles. The van der Waals surface area contributed by atoms with Gasteiger partial charge in [-0.15, -0.1) is 0 Å². The maximum atomic E-state index is 11.6. The number of carboxylic acids is 1. The van der Waals surface area contributed by atoms with E-state index in [0.717, 1.165) is 30.7 Å². The molecule has 0 aliphatic carbocycles. The van der Waals surface area contributed by atoms with Crippen LogP contribution >= 0.6 is 0 Å². The summed E-state index contributed by atoms with van der Waals surface area (Å²) in [6.45, 7) is 5.67. The van der Waals surface area contributed by atoms with Gasteiger partial charge >= 0.3 is 5.97 Å².